The third-order valence-corrected chi connectivity index (χ3v) is 6.61. The number of hydrogen-bond donors (Lipinski definition) is 0. The number of likely N-dealkylation sites (tertiary alicyclic amines) is 1. The van der Waals surface area contributed by atoms with Gasteiger partial charge in [-0.15, -0.1) is 0 Å². The molecule has 0 spiro atoms. The molecule has 2 aromatic rings. The number of rotatable bonds is 8. The molecule has 2 amide bonds. The number of amides is 2. The normalized spacial score (nSPS) is 19.9. The van der Waals surface area contributed by atoms with Crippen LogP contribution in [-0.4, -0.2) is 56.8 Å². The van der Waals surface area contributed by atoms with E-state index in [1.807, 2.05) is 29.2 Å². The van der Waals surface area contributed by atoms with Crippen LogP contribution in [0.4, 0.5) is 0 Å². The molecule has 0 bridgehead atoms. The van der Waals surface area contributed by atoms with Crippen molar-refractivity contribution < 1.29 is 9.59 Å². The van der Waals surface area contributed by atoms with Gasteiger partial charge in [0.15, 0.2) is 0 Å². The van der Waals surface area contributed by atoms with Crippen LogP contribution in [-0.2, 0) is 16.1 Å². The van der Waals surface area contributed by atoms with Crippen LogP contribution in [0.15, 0.2) is 24.3 Å². The van der Waals surface area contributed by atoms with Gasteiger partial charge >= 0.3 is 0 Å². The van der Waals surface area contributed by atoms with Gasteiger partial charge in [-0.1, -0.05) is 38.8 Å². The molecule has 4 rings (SSSR count). The van der Waals surface area contributed by atoms with Crippen molar-refractivity contribution in [2.45, 2.75) is 77.3 Å². The molecule has 1 saturated carbocycles. The predicted molar refractivity (Wildman–Crippen MR) is 118 cm³/mol. The quantitative estimate of drug-likeness (QED) is 0.662. The second kappa shape index (κ2) is 9.19. The molecule has 6 nitrogen and oxygen atoms in total. The maximum atomic E-state index is 13.1. The second-order valence-electron chi connectivity index (χ2n) is 8.81. The van der Waals surface area contributed by atoms with Crippen molar-refractivity contribution in [2.24, 2.45) is 0 Å². The Morgan fingerprint density at radius 1 is 1.13 bits per heavy atom. The fourth-order valence-electron chi connectivity index (χ4n) is 5.18. The van der Waals surface area contributed by atoms with E-state index < -0.39 is 0 Å². The molecule has 0 radical (unpaired) electrons. The van der Waals surface area contributed by atoms with Crippen LogP contribution in [0.1, 0.15) is 70.5 Å². The summed E-state index contributed by atoms with van der Waals surface area (Å²) in [6.45, 7) is 6.81. The number of fused-ring (bicyclic) bond motifs is 1. The number of nitrogens with zero attached hydrogens (tertiary/aromatic N) is 4. The highest BCUT2D eigenvalue weighted by molar-refractivity contribution is 5.83. The molecular weight excluding hydrogens is 376 g/mol. The lowest BCUT2D eigenvalue weighted by Gasteiger charge is -2.24. The van der Waals surface area contributed by atoms with E-state index in [9.17, 15) is 9.59 Å². The fraction of sp³-hybridized carbons (Fsp3) is 0.625. The number of para-hydroxylation sites is 2. The average Bonchev–Trinajstić information content (AvgIpc) is 3.47. The van der Waals surface area contributed by atoms with E-state index in [1.165, 1.54) is 12.8 Å². The highest BCUT2D eigenvalue weighted by atomic mass is 16.2. The van der Waals surface area contributed by atoms with Crippen LogP contribution in [0.3, 0.4) is 0 Å². The van der Waals surface area contributed by atoms with Gasteiger partial charge in [0.25, 0.3) is 0 Å². The lowest BCUT2D eigenvalue weighted by Crippen LogP contribution is -2.36. The summed E-state index contributed by atoms with van der Waals surface area (Å²) in [6.07, 6.45) is 7.09. The summed E-state index contributed by atoms with van der Waals surface area (Å²) in [4.78, 5) is 34.9. The van der Waals surface area contributed by atoms with Gasteiger partial charge in [0.1, 0.15) is 12.4 Å². The lowest BCUT2D eigenvalue weighted by molar-refractivity contribution is -0.132. The lowest BCUT2D eigenvalue weighted by atomic mass is 10.1. The minimum atomic E-state index is 0.0594. The van der Waals surface area contributed by atoms with Crippen LogP contribution in [0.2, 0.25) is 0 Å². The summed E-state index contributed by atoms with van der Waals surface area (Å²) in [6, 6.07) is 8.41. The average molecular weight is 411 g/mol. The Labute approximate surface area is 179 Å². The molecule has 1 aromatic heterocycles. The first kappa shape index (κ1) is 20.9. The van der Waals surface area contributed by atoms with E-state index in [4.69, 9.17) is 4.98 Å². The van der Waals surface area contributed by atoms with Gasteiger partial charge in [0, 0.05) is 38.0 Å². The molecule has 6 heteroatoms. The SMILES string of the molecule is CCCN(CCC)C(=O)Cn1c(C2CC(=O)N(C3CCCC3)C2)nc2ccccc21. The number of hydrogen-bond acceptors (Lipinski definition) is 3. The van der Waals surface area contributed by atoms with Gasteiger partial charge in [0.05, 0.1) is 11.0 Å². The topological polar surface area (TPSA) is 58.4 Å². The maximum Gasteiger partial charge on any atom is 0.242 e. The minimum absolute atomic E-state index is 0.0594. The first-order chi connectivity index (χ1) is 14.6. The summed E-state index contributed by atoms with van der Waals surface area (Å²) in [5.41, 5.74) is 1.89. The van der Waals surface area contributed by atoms with Crippen molar-refractivity contribution in [3.8, 4) is 0 Å². The maximum absolute atomic E-state index is 13.1. The third kappa shape index (κ3) is 4.09. The van der Waals surface area contributed by atoms with Crippen molar-refractivity contribution in [2.75, 3.05) is 19.6 Å². The van der Waals surface area contributed by atoms with Gasteiger partial charge in [-0.2, -0.15) is 0 Å². The van der Waals surface area contributed by atoms with Crippen LogP contribution in [0.5, 0.6) is 0 Å². The van der Waals surface area contributed by atoms with Gasteiger partial charge in [-0.05, 0) is 37.8 Å². The van der Waals surface area contributed by atoms with Crippen LogP contribution < -0.4 is 0 Å². The summed E-state index contributed by atoms with van der Waals surface area (Å²) < 4.78 is 2.08. The smallest absolute Gasteiger partial charge is 0.242 e. The van der Waals surface area contributed by atoms with Crippen molar-refractivity contribution in [3.05, 3.63) is 30.1 Å². The Balaban J connectivity index is 1.62. The highest BCUT2D eigenvalue weighted by Gasteiger charge is 2.38. The largest absolute Gasteiger partial charge is 0.341 e. The van der Waals surface area contributed by atoms with Gasteiger partial charge < -0.3 is 14.4 Å². The van der Waals surface area contributed by atoms with Gasteiger partial charge in [0.2, 0.25) is 11.8 Å². The minimum Gasteiger partial charge on any atom is -0.341 e. The summed E-state index contributed by atoms with van der Waals surface area (Å²) in [5, 5.41) is 0. The highest BCUT2D eigenvalue weighted by Crippen LogP contribution is 2.35. The molecule has 1 aromatic carbocycles. The second-order valence-corrected chi connectivity index (χ2v) is 8.81. The van der Waals surface area contributed by atoms with Crippen LogP contribution in [0, 0.1) is 0 Å². The zero-order valence-electron chi connectivity index (χ0n) is 18.3. The van der Waals surface area contributed by atoms with E-state index in [0.29, 0.717) is 19.0 Å². The predicted octanol–water partition coefficient (Wildman–Crippen LogP) is 3.94. The molecule has 2 heterocycles. The third-order valence-electron chi connectivity index (χ3n) is 6.61. The Hall–Kier alpha value is -2.37. The standard InChI is InChI=1S/C24H34N4O2/c1-3-13-26(14-4-2)23(30)17-28-21-12-8-7-11-20(21)25-24(28)18-15-22(29)27(16-18)19-9-5-6-10-19/h7-8,11-12,18-19H,3-6,9-10,13-17H2,1-2H3. The number of aromatic nitrogens is 2. The Morgan fingerprint density at radius 2 is 1.83 bits per heavy atom. The van der Waals surface area contributed by atoms with Crippen molar-refractivity contribution in [3.63, 3.8) is 0 Å². The fourth-order valence-corrected chi connectivity index (χ4v) is 5.18. The zero-order valence-corrected chi connectivity index (χ0v) is 18.3. The van der Waals surface area contributed by atoms with E-state index in [2.05, 4.69) is 23.3 Å². The van der Waals surface area contributed by atoms with Gasteiger partial charge in [-0.3, -0.25) is 9.59 Å². The Morgan fingerprint density at radius 3 is 2.53 bits per heavy atom. The summed E-state index contributed by atoms with van der Waals surface area (Å²) in [5.74, 6) is 1.34. The Bertz CT molecular complexity index is 894. The van der Waals surface area contributed by atoms with Crippen LogP contribution in [0.25, 0.3) is 11.0 Å². The molecule has 1 aliphatic carbocycles. The molecule has 2 fully saturated rings. The molecular formula is C24H34N4O2. The van der Waals surface area contributed by atoms with E-state index in [-0.39, 0.29) is 17.7 Å². The summed E-state index contributed by atoms with van der Waals surface area (Å²) in [7, 11) is 0. The van der Waals surface area contributed by atoms with Crippen molar-refractivity contribution in [1.29, 1.82) is 0 Å². The first-order valence-corrected chi connectivity index (χ1v) is 11.6. The zero-order chi connectivity index (χ0) is 21.1. The van der Waals surface area contributed by atoms with E-state index >= 15 is 0 Å². The molecule has 1 unspecified atom stereocenters. The number of carbonyl (C=O) groups excluding carboxylic acids is 2. The summed E-state index contributed by atoms with van der Waals surface area (Å²) >= 11 is 0. The molecule has 1 aliphatic heterocycles. The Kier molecular flexibility index (Phi) is 6.40. The van der Waals surface area contributed by atoms with E-state index in [1.54, 1.807) is 0 Å². The molecule has 0 N–H and O–H groups in total. The number of imidazole rings is 1. The molecule has 30 heavy (non-hydrogen) atoms. The molecule has 1 saturated heterocycles. The van der Waals surface area contributed by atoms with E-state index in [0.717, 1.165) is 62.2 Å². The van der Waals surface area contributed by atoms with Crippen molar-refractivity contribution in [1.82, 2.24) is 19.4 Å². The number of benzene rings is 1. The first-order valence-electron chi connectivity index (χ1n) is 11.6. The van der Waals surface area contributed by atoms with Crippen molar-refractivity contribution >= 4 is 22.8 Å². The molecule has 162 valence electrons. The number of carbonyl (C=O) groups is 2. The molecule has 1 atom stereocenters. The van der Waals surface area contributed by atoms with Gasteiger partial charge in [-0.25, -0.2) is 4.98 Å². The monoisotopic (exact) mass is 410 g/mol. The van der Waals surface area contributed by atoms with Crippen LogP contribution >= 0.6 is 0 Å². The molecule has 2 aliphatic rings.